The first kappa shape index (κ1) is 79.7. The summed E-state index contributed by atoms with van der Waals surface area (Å²) in [5.41, 5.74) is 22.4. The predicted octanol–water partition coefficient (Wildman–Crippen LogP) is -7.50. The molecular weight excluding hydrogens is 1170 g/mol. The third kappa shape index (κ3) is 32.4. The van der Waals surface area contributed by atoms with Crippen molar-refractivity contribution in [3.05, 3.63) is 0 Å². The standard InChI is InChI=1S/C52H91N15O21/c1-24(2)20-33(63-45(81)31(13-16-38(73)74)60-42(78)28(54)10-7-8-18-53)47(83)58-26(5)41(77)59-30(12-15-37(71)72)44(80)64-34(21-25(3)4)48(84)61-29(11-9-19-57-52(55)56)43(79)62-32(14-17-39(75)76)46(82)65-35(22-68)49(85)67-40(27(6)70)50(86)66-36(23-69)51(87)88/h24-36,40,68-70H,7-23,53-54H2,1-6H3,(H,58,83)(H,59,77)(H,60,78)(H,61,84)(H,62,79)(H,63,81)(H,64,80)(H,65,82)(H,66,86)(H,67,85)(H,71,72)(H,73,74)(H,75,76)(H,87,88)(H4,55,56,57)/t26-,27+,28-,29-,30-,31-,32-,33-,34-,35-,36-,40-/m0/s1. The van der Waals surface area contributed by atoms with Crippen LogP contribution in [0, 0.1) is 11.8 Å². The van der Waals surface area contributed by atoms with Crippen LogP contribution in [0.3, 0.4) is 0 Å². The maximum absolute atomic E-state index is 14.2. The molecule has 0 radical (unpaired) electrons. The van der Waals surface area contributed by atoms with Crippen molar-refractivity contribution in [3.8, 4) is 0 Å². The molecule has 0 aliphatic carbocycles. The van der Waals surface area contributed by atoms with Crippen molar-refractivity contribution >= 4 is 88.9 Å². The second kappa shape index (κ2) is 41.7. The predicted molar refractivity (Wildman–Crippen MR) is 309 cm³/mol. The molecule has 36 heteroatoms. The average Bonchev–Trinajstić information content (AvgIpc) is 3.06. The highest BCUT2D eigenvalue weighted by molar-refractivity contribution is 5.99. The van der Waals surface area contributed by atoms with E-state index in [4.69, 9.17) is 22.9 Å². The van der Waals surface area contributed by atoms with Crippen LogP contribution in [0.15, 0.2) is 4.99 Å². The SMILES string of the molecule is CC(C)C[C@H](NC(=O)[C@H](CCC(=O)O)NC(=O)[C@@H](N)CCCCN)C(=O)N[C@@H](C)C(=O)N[C@@H](CCC(=O)O)C(=O)N[C@@H](CC(C)C)C(=O)N[C@@H](CCCN=C(N)N)C(=O)N[C@@H](CCC(=O)O)C(=O)N[C@@H](CO)C(=O)N[C@H](C(=O)N[C@@H](CO)C(=O)O)[C@@H](C)O. The van der Waals surface area contributed by atoms with Gasteiger partial charge in [-0.1, -0.05) is 34.1 Å². The molecule has 88 heavy (non-hydrogen) atoms. The van der Waals surface area contributed by atoms with E-state index < -0.39 is 213 Å². The van der Waals surface area contributed by atoms with Gasteiger partial charge < -0.3 is 112 Å². The van der Waals surface area contributed by atoms with Crippen molar-refractivity contribution in [1.29, 1.82) is 0 Å². The molecule has 0 rings (SSSR count). The third-order valence-corrected chi connectivity index (χ3v) is 12.8. The minimum Gasteiger partial charge on any atom is -0.481 e. The summed E-state index contributed by atoms with van der Waals surface area (Å²) in [6.07, 6.45) is -4.80. The van der Waals surface area contributed by atoms with Crippen molar-refractivity contribution in [1.82, 2.24) is 53.2 Å². The van der Waals surface area contributed by atoms with Crippen LogP contribution in [0.5, 0.6) is 0 Å². The van der Waals surface area contributed by atoms with E-state index in [1.165, 1.54) is 6.92 Å². The summed E-state index contributed by atoms with van der Waals surface area (Å²) in [6.45, 7) is 6.81. The highest BCUT2D eigenvalue weighted by Crippen LogP contribution is 2.12. The number of hydrogen-bond acceptors (Lipinski definition) is 20. The van der Waals surface area contributed by atoms with Gasteiger partial charge in [-0.2, -0.15) is 0 Å². The molecular formula is C52H91N15O21. The molecule has 500 valence electrons. The number of nitrogens with one attached hydrogen (secondary N) is 10. The molecule has 0 aliphatic heterocycles. The molecule has 0 saturated heterocycles. The van der Waals surface area contributed by atoms with E-state index in [9.17, 15) is 103 Å². The normalized spacial score (nSPS) is 15.2. The Kier molecular flexibility index (Phi) is 37.7. The highest BCUT2D eigenvalue weighted by Gasteiger charge is 2.37. The van der Waals surface area contributed by atoms with Crippen LogP contribution in [-0.2, 0) is 67.1 Å². The number of nitrogens with two attached hydrogens (primary N) is 4. The van der Waals surface area contributed by atoms with E-state index in [2.05, 4.69) is 47.5 Å². The van der Waals surface area contributed by atoms with Gasteiger partial charge in [-0.25, -0.2) is 4.79 Å². The Labute approximate surface area is 507 Å². The van der Waals surface area contributed by atoms with E-state index in [0.717, 1.165) is 6.92 Å². The van der Waals surface area contributed by atoms with Crippen molar-refractivity contribution in [2.24, 2.45) is 39.8 Å². The van der Waals surface area contributed by atoms with Crippen LogP contribution in [0.1, 0.15) is 125 Å². The Morgan fingerprint density at radius 3 is 1.14 bits per heavy atom. The highest BCUT2D eigenvalue weighted by atomic mass is 16.4. The van der Waals surface area contributed by atoms with Gasteiger partial charge in [0.2, 0.25) is 59.1 Å². The Balaban J connectivity index is 6.85. The van der Waals surface area contributed by atoms with Crippen LogP contribution in [0.25, 0.3) is 0 Å². The van der Waals surface area contributed by atoms with Crippen LogP contribution >= 0.6 is 0 Å². The third-order valence-electron chi connectivity index (χ3n) is 12.8. The fourth-order valence-corrected chi connectivity index (χ4v) is 8.04. The number of carbonyl (C=O) groups excluding carboxylic acids is 10. The molecule has 0 aromatic rings. The molecule has 36 nitrogen and oxygen atoms in total. The summed E-state index contributed by atoms with van der Waals surface area (Å²) in [5, 5.41) is 90.2. The summed E-state index contributed by atoms with van der Waals surface area (Å²) in [4.78, 5) is 186. The van der Waals surface area contributed by atoms with Gasteiger partial charge in [-0.3, -0.25) is 67.3 Å². The van der Waals surface area contributed by atoms with E-state index in [-0.39, 0.29) is 50.5 Å². The molecule has 0 saturated carbocycles. The topological polar surface area (TPSA) is 617 Å². The molecule has 0 aromatic carbocycles. The van der Waals surface area contributed by atoms with Crippen LogP contribution < -0.4 is 76.1 Å². The lowest BCUT2D eigenvalue weighted by atomic mass is 10.0. The average molecular weight is 1260 g/mol. The Morgan fingerprint density at radius 2 is 0.761 bits per heavy atom. The number of unbranched alkanes of at least 4 members (excludes halogenated alkanes) is 1. The van der Waals surface area contributed by atoms with E-state index in [0.29, 0.717) is 19.4 Å². The number of rotatable bonds is 45. The van der Waals surface area contributed by atoms with Crippen molar-refractivity contribution < 1.29 is 103 Å². The molecule has 12 atom stereocenters. The molecule has 0 unspecified atom stereocenters. The Hall–Kier alpha value is -8.35. The van der Waals surface area contributed by atoms with Gasteiger partial charge in [0, 0.05) is 25.8 Å². The number of amides is 10. The first-order valence-corrected chi connectivity index (χ1v) is 28.4. The van der Waals surface area contributed by atoms with Gasteiger partial charge in [-0.05, 0) is 90.0 Å². The van der Waals surface area contributed by atoms with Crippen LogP contribution in [-0.4, -0.2) is 224 Å². The van der Waals surface area contributed by atoms with E-state index >= 15 is 0 Å². The number of hydrogen-bond donors (Lipinski definition) is 21. The molecule has 25 N–H and O–H groups in total. The molecule has 0 spiro atoms. The molecule has 0 bridgehead atoms. The van der Waals surface area contributed by atoms with Gasteiger partial charge in [0.15, 0.2) is 5.96 Å². The lowest BCUT2D eigenvalue weighted by Crippen LogP contribution is -2.62. The smallest absolute Gasteiger partial charge is 0.328 e. The van der Waals surface area contributed by atoms with E-state index in [1.807, 2.05) is 10.6 Å². The number of aliphatic hydroxyl groups is 3. The summed E-state index contributed by atoms with van der Waals surface area (Å²) in [5.74, 6) is -17.9. The number of carbonyl (C=O) groups is 14. The number of aliphatic hydroxyl groups excluding tert-OH is 3. The molecule has 10 amide bonds. The summed E-state index contributed by atoms with van der Waals surface area (Å²) < 4.78 is 0. The Morgan fingerprint density at radius 1 is 0.409 bits per heavy atom. The lowest BCUT2D eigenvalue weighted by molar-refractivity contribution is -0.144. The fraction of sp³-hybridized carbons (Fsp3) is 0.712. The summed E-state index contributed by atoms with van der Waals surface area (Å²) >= 11 is 0. The zero-order valence-electron chi connectivity index (χ0n) is 50.2. The van der Waals surface area contributed by atoms with E-state index in [1.54, 1.807) is 27.7 Å². The summed E-state index contributed by atoms with van der Waals surface area (Å²) in [7, 11) is 0. The van der Waals surface area contributed by atoms with Crippen molar-refractivity contribution in [2.45, 2.75) is 198 Å². The maximum atomic E-state index is 14.2. The maximum Gasteiger partial charge on any atom is 0.328 e. The quantitative estimate of drug-likeness (QED) is 0.0153. The van der Waals surface area contributed by atoms with Crippen molar-refractivity contribution in [2.75, 3.05) is 26.3 Å². The monoisotopic (exact) mass is 1260 g/mol. The lowest BCUT2D eigenvalue weighted by Gasteiger charge is -2.28. The molecule has 0 fully saturated rings. The number of nitrogens with zero attached hydrogens (tertiary/aromatic N) is 1. The zero-order chi connectivity index (χ0) is 67.5. The van der Waals surface area contributed by atoms with Gasteiger partial charge in [-0.15, -0.1) is 0 Å². The van der Waals surface area contributed by atoms with Gasteiger partial charge in [0.1, 0.15) is 60.4 Å². The second-order valence-electron chi connectivity index (χ2n) is 21.5. The number of carboxylic acid groups (broad SMARTS) is 4. The number of guanidine groups is 1. The minimum atomic E-state index is -1.98. The molecule has 0 aromatic heterocycles. The second-order valence-corrected chi connectivity index (χ2v) is 21.5. The molecule has 0 aliphatic rings. The Bertz CT molecular complexity index is 2410. The van der Waals surface area contributed by atoms with Gasteiger partial charge in [0.05, 0.1) is 25.4 Å². The fourth-order valence-electron chi connectivity index (χ4n) is 8.04. The van der Waals surface area contributed by atoms with Crippen LogP contribution in [0.4, 0.5) is 0 Å². The first-order chi connectivity index (χ1) is 41.1. The van der Waals surface area contributed by atoms with Crippen LogP contribution in [0.2, 0.25) is 0 Å². The zero-order valence-corrected chi connectivity index (χ0v) is 50.2. The van der Waals surface area contributed by atoms with Gasteiger partial charge >= 0.3 is 23.9 Å². The largest absolute Gasteiger partial charge is 0.481 e. The number of carboxylic acids is 4. The summed E-state index contributed by atoms with van der Waals surface area (Å²) in [6, 6.07) is -18.0. The van der Waals surface area contributed by atoms with Crippen molar-refractivity contribution in [3.63, 3.8) is 0 Å². The number of aliphatic carboxylic acids is 4. The minimum absolute atomic E-state index is 0.0389. The van der Waals surface area contributed by atoms with Gasteiger partial charge in [0.25, 0.3) is 0 Å². The number of aliphatic imine (C=N–C) groups is 1. The molecule has 0 heterocycles. The first-order valence-electron chi connectivity index (χ1n) is 28.4.